The van der Waals surface area contributed by atoms with E-state index >= 15 is 0 Å². The molecule has 0 aliphatic carbocycles. The predicted octanol–water partition coefficient (Wildman–Crippen LogP) is 0.341. The zero-order valence-electron chi connectivity index (χ0n) is 9.34. The summed E-state index contributed by atoms with van der Waals surface area (Å²) in [6.45, 7) is 0.484. The van der Waals surface area contributed by atoms with E-state index in [0.29, 0.717) is 6.54 Å². The van der Waals surface area contributed by atoms with E-state index in [0.717, 1.165) is 5.69 Å². The van der Waals surface area contributed by atoms with Crippen LogP contribution in [0.2, 0.25) is 0 Å². The molecule has 5 nitrogen and oxygen atoms in total. The molecular weight excluding hydrogens is 228 g/mol. The maximum atomic E-state index is 11.7. The van der Waals surface area contributed by atoms with Crippen LogP contribution in [0.25, 0.3) is 0 Å². The molecule has 6 heteroatoms. The van der Waals surface area contributed by atoms with Crippen LogP contribution in [-0.2, 0) is 10.0 Å². The van der Waals surface area contributed by atoms with Gasteiger partial charge in [-0.05, 0) is 24.3 Å². The van der Waals surface area contributed by atoms with Gasteiger partial charge in [-0.3, -0.25) is 0 Å². The fourth-order valence-corrected chi connectivity index (χ4v) is 2.06. The number of hydrogen-bond acceptors (Lipinski definition) is 4. The summed E-state index contributed by atoms with van der Waals surface area (Å²) in [5, 5.41) is 11.6. The van der Waals surface area contributed by atoms with E-state index in [-0.39, 0.29) is 11.5 Å². The fraction of sp³-hybridized carbons (Fsp3) is 0.400. The van der Waals surface area contributed by atoms with Crippen LogP contribution in [0, 0.1) is 0 Å². The maximum Gasteiger partial charge on any atom is 0.242 e. The third kappa shape index (κ3) is 2.94. The van der Waals surface area contributed by atoms with Gasteiger partial charge in [0, 0.05) is 26.3 Å². The summed E-state index contributed by atoms with van der Waals surface area (Å²) in [6.07, 6.45) is 0. The average Bonchev–Trinajstić information content (AvgIpc) is 2.26. The number of rotatable bonds is 5. The number of anilines is 1. The van der Waals surface area contributed by atoms with Gasteiger partial charge in [-0.25, -0.2) is 12.7 Å². The first kappa shape index (κ1) is 13.0. The van der Waals surface area contributed by atoms with Crippen molar-refractivity contribution in [1.82, 2.24) is 4.31 Å². The second kappa shape index (κ2) is 5.29. The van der Waals surface area contributed by atoms with Crippen LogP contribution in [0.5, 0.6) is 0 Å². The first-order valence-electron chi connectivity index (χ1n) is 4.86. The summed E-state index contributed by atoms with van der Waals surface area (Å²) in [5.41, 5.74) is 0.784. The topological polar surface area (TPSA) is 69.6 Å². The molecule has 0 saturated carbocycles. The minimum absolute atomic E-state index is 0.0394. The Bertz CT molecular complexity index is 426. The molecule has 1 rings (SSSR count). The number of aliphatic hydroxyl groups is 1. The Morgan fingerprint density at radius 2 is 1.81 bits per heavy atom. The highest BCUT2D eigenvalue weighted by atomic mass is 32.2. The van der Waals surface area contributed by atoms with Crippen LogP contribution in [0.1, 0.15) is 0 Å². The molecule has 1 aromatic carbocycles. The van der Waals surface area contributed by atoms with Crippen LogP contribution in [0.4, 0.5) is 5.69 Å². The molecule has 0 aliphatic rings. The highest BCUT2D eigenvalue weighted by Crippen LogP contribution is 2.16. The summed E-state index contributed by atoms with van der Waals surface area (Å²) in [7, 11) is -0.371. The molecule has 0 spiro atoms. The first-order chi connectivity index (χ1) is 7.48. The maximum absolute atomic E-state index is 11.7. The average molecular weight is 244 g/mol. The SMILES string of the molecule is CN(C)S(=O)(=O)c1ccc(NCCO)cc1. The van der Waals surface area contributed by atoms with Crippen molar-refractivity contribution < 1.29 is 13.5 Å². The minimum Gasteiger partial charge on any atom is -0.395 e. The second-order valence-electron chi connectivity index (χ2n) is 3.46. The molecule has 2 N–H and O–H groups in total. The standard InChI is InChI=1S/C10H16N2O3S/c1-12(2)16(14,15)10-5-3-9(4-6-10)11-7-8-13/h3-6,11,13H,7-8H2,1-2H3. The molecule has 0 amide bonds. The van der Waals surface area contributed by atoms with Crippen LogP contribution in [0.3, 0.4) is 0 Å². The van der Waals surface area contributed by atoms with E-state index in [1.54, 1.807) is 12.1 Å². The molecule has 0 unspecified atom stereocenters. The summed E-state index contributed by atoms with van der Waals surface area (Å²) in [6, 6.07) is 6.42. The van der Waals surface area contributed by atoms with Crippen molar-refractivity contribution in [2.75, 3.05) is 32.6 Å². The van der Waals surface area contributed by atoms with Crippen LogP contribution in [0.15, 0.2) is 29.2 Å². The zero-order chi connectivity index (χ0) is 12.2. The number of nitrogens with one attached hydrogen (secondary N) is 1. The number of benzene rings is 1. The van der Waals surface area contributed by atoms with Crippen molar-refractivity contribution in [3.63, 3.8) is 0 Å². The fourth-order valence-electron chi connectivity index (χ4n) is 1.16. The van der Waals surface area contributed by atoms with E-state index in [1.807, 2.05) is 0 Å². The van der Waals surface area contributed by atoms with Crippen molar-refractivity contribution in [2.24, 2.45) is 0 Å². The summed E-state index contributed by atoms with van der Waals surface area (Å²) < 4.78 is 24.6. The van der Waals surface area contributed by atoms with Crippen molar-refractivity contribution >= 4 is 15.7 Å². The summed E-state index contributed by atoms with van der Waals surface area (Å²) in [5.74, 6) is 0. The molecule has 0 atom stereocenters. The lowest BCUT2D eigenvalue weighted by Gasteiger charge is -2.11. The predicted molar refractivity (Wildman–Crippen MR) is 62.9 cm³/mol. The van der Waals surface area contributed by atoms with E-state index in [4.69, 9.17) is 5.11 Å². The van der Waals surface area contributed by atoms with Gasteiger partial charge in [0.1, 0.15) is 0 Å². The normalized spacial score (nSPS) is 11.8. The quantitative estimate of drug-likeness (QED) is 0.783. The van der Waals surface area contributed by atoms with E-state index in [9.17, 15) is 8.42 Å². The Morgan fingerprint density at radius 1 is 1.25 bits per heavy atom. The van der Waals surface area contributed by atoms with Crippen LogP contribution < -0.4 is 5.32 Å². The Hall–Kier alpha value is -1.11. The van der Waals surface area contributed by atoms with Crippen LogP contribution in [-0.4, -0.2) is 45.1 Å². The molecule has 1 aromatic rings. The van der Waals surface area contributed by atoms with Gasteiger partial charge in [0.2, 0.25) is 10.0 Å². The summed E-state index contributed by atoms with van der Waals surface area (Å²) >= 11 is 0. The Kier molecular flexibility index (Phi) is 4.28. The lowest BCUT2D eigenvalue weighted by atomic mass is 10.3. The van der Waals surface area contributed by atoms with E-state index < -0.39 is 10.0 Å². The highest BCUT2D eigenvalue weighted by Gasteiger charge is 2.16. The second-order valence-corrected chi connectivity index (χ2v) is 5.61. The van der Waals surface area contributed by atoms with Gasteiger partial charge in [-0.1, -0.05) is 0 Å². The minimum atomic E-state index is -3.36. The number of sulfonamides is 1. The van der Waals surface area contributed by atoms with Gasteiger partial charge in [-0.2, -0.15) is 0 Å². The van der Waals surface area contributed by atoms with Gasteiger partial charge in [0.05, 0.1) is 11.5 Å². The largest absolute Gasteiger partial charge is 0.395 e. The van der Waals surface area contributed by atoms with Gasteiger partial charge >= 0.3 is 0 Å². The lowest BCUT2D eigenvalue weighted by Crippen LogP contribution is -2.22. The molecule has 0 aromatic heterocycles. The smallest absolute Gasteiger partial charge is 0.242 e. The van der Waals surface area contributed by atoms with Gasteiger partial charge in [-0.15, -0.1) is 0 Å². The van der Waals surface area contributed by atoms with E-state index in [1.165, 1.54) is 30.5 Å². The Morgan fingerprint density at radius 3 is 2.25 bits per heavy atom. The van der Waals surface area contributed by atoms with Gasteiger partial charge in [0.15, 0.2) is 0 Å². The summed E-state index contributed by atoms with van der Waals surface area (Å²) in [4.78, 5) is 0.257. The number of aliphatic hydroxyl groups excluding tert-OH is 1. The monoisotopic (exact) mass is 244 g/mol. The Labute approximate surface area is 95.8 Å². The molecule has 0 saturated heterocycles. The molecule has 16 heavy (non-hydrogen) atoms. The molecular formula is C10H16N2O3S. The van der Waals surface area contributed by atoms with E-state index in [2.05, 4.69) is 5.32 Å². The molecule has 0 radical (unpaired) electrons. The van der Waals surface area contributed by atoms with Crippen molar-refractivity contribution in [3.8, 4) is 0 Å². The number of hydrogen-bond donors (Lipinski definition) is 2. The van der Waals surface area contributed by atoms with Crippen molar-refractivity contribution in [2.45, 2.75) is 4.90 Å². The third-order valence-electron chi connectivity index (χ3n) is 2.07. The molecule has 0 aliphatic heterocycles. The molecule has 90 valence electrons. The molecule has 0 bridgehead atoms. The van der Waals surface area contributed by atoms with Crippen LogP contribution >= 0.6 is 0 Å². The highest BCUT2D eigenvalue weighted by molar-refractivity contribution is 7.89. The van der Waals surface area contributed by atoms with Gasteiger partial charge < -0.3 is 10.4 Å². The Balaban J connectivity index is 2.87. The van der Waals surface area contributed by atoms with Crippen molar-refractivity contribution in [3.05, 3.63) is 24.3 Å². The molecule has 0 fully saturated rings. The first-order valence-corrected chi connectivity index (χ1v) is 6.30. The lowest BCUT2D eigenvalue weighted by molar-refractivity contribution is 0.311. The van der Waals surface area contributed by atoms with Crippen molar-refractivity contribution in [1.29, 1.82) is 0 Å². The molecule has 0 heterocycles. The zero-order valence-corrected chi connectivity index (χ0v) is 10.2. The third-order valence-corrected chi connectivity index (χ3v) is 3.90. The van der Waals surface area contributed by atoms with Gasteiger partial charge in [0.25, 0.3) is 0 Å². The number of nitrogens with zero attached hydrogens (tertiary/aromatic N) is 1.